The van der Waals surface area contributed by atoms with E-state index in [1.165, 1.54) is 20.5 Å². The Morgan fingerprint density at radius 1 is 1.10 bits per heavy atom. The van der Waals surface area contributed by atoms with E-state index >= 15 is 0 Å². The number of fused-ring (bicyclic) bond motifs is 1. The Bertz CT molecular complexity index is 746. The van der Waals surface area contributed by atoms with Crippen molar-refractivity contribution in [2.24, 2.45) is 0 Å². The van der Waals surface area contributed by atoms with E-state index in [9.17, 15) is 0 Å². The molecular weight excluding hydrogens is 278 g/mol. The van der Waals surface area contributed by atoms with Crippen LogP contribution < -0.4 is 5.32 Å². The molecule has 3 heteroatoms. The number of anilines is 1. The van der Waals surface area contributed by atoms with Gasteiger partial charge in [0.1, 0.15) is 0 Å². The number of aliphatic hydroxyl groups excluding tert-OH is 1. The van der Waals surface area contributed by atoms with Gasteiger partial charge in [-0.15, -0.1) is 11.3 Å². The zero-order valence-electron chi connectivity index (χ0n) is 12.3. The molecule has 0 amide bonds. The molecule has 1 unspecified atom stereocenters. The lowest BCUT2D eigenvalue weighted by Crippen LogP contribution is -2.06. The minimum Gasteiger partial charge on any atom is -0.392 e. The van der Waals surface area contributed by atoms with Gasteiger partial charge in [0.15, 0.2) is 0 Å². The van der Waals surface area contributed by atoms with Crippen LogP contribution in [0.1, 0.15) is 29.0 Å². The molecule has 0 bridgehead atoms. The van der Waals surface area contributed by atoms with Crippen molar-refractivity contribution in [1.29, 1.82) is 0 Å². The molecular formula is C18H19NOS. The number of hydrogen-bond donors (Lipinski definition) is 2. The lowest BCUT2D eigenvalue weighted by Gasteiger charge is -2.15. The third-order valence-electron chi connectivity index (χ3n) is 3.79. The van der Waals surface area contributed by atoms with Crippen LogP contribution in [0.5, 0.6) is 0 Å². The number of thiophene rings is 1. The van der Waals surface area contributed by atoms with Crippen LogP contribution in [-0.4, -0.2) is 5.11 Å². The quantitative estimate of drug-likeness (QED) is 0.719. The molecule has 0 aliphatic rings. The SMILES string of the molecule is Cc1c(C(C)Nc2ccc(CO)cc2)sc2ccccc12. The summed E-state index contributed by atoms with van der Waals surface area (Å²) in [5.74, 6) is 0. The van der Waals surface area contributed by atoms with Crippen LogP contribution in [0.25, 0.3) is 10.1 Å². The molecule has 3 aromatic rings. The highest BCUT2D eigenvalue weighted by Crippen LogP contribution is 2.35. The van der Waals surface area contributed by atoms with E-state index in [4.69, 9.17) is 5.11 Å². The standard InChI is InChI=1S/C18H19NOS/c1-12-16-5-3-4-6-17(16)21-18(12)13(2)19-15-9-7-14(11-20)8-10-15/h3-10,13,19-20H,11H2,1-2H3. The molecule has 0 fully saturated rings. The van der Waals surface area contributed by atoms with Gasteiger partial charge in [0.05, 0.1) is 12.6 Å². The number of benzene rings is 2. The third kappa shape index (κ3) is 2.80. The summed E-state index contributed by atoms with van der Waals surface area (Å²) < 4.78 is 1.34. The first-order valence-electron chi connectivity index (χ1n) is 7.13. The second kappa shape index (κ2) is 5.88. The fraction of sp³-hybridized carbons (Fsp3) is 0.222. The van der Waals surface area contributed by atoms with Gasteiger partial charge in [0.2, 0.25) is 0 Å². The fourth-order valence-corrected chi connectivity index (χ4v) is 3.84. The van der Waals surface area contributed by atoms with Crippen molar-refractivity contribution >= 4 is 27.1 Å². The van der Waals surface area contributed by atoms with E-state index in [1.807, 2.05) is 35.6 Å². The number of rotatable bonds is 4. The van der Waals surface area contributed by atoms with Crippen LogP contribution in [0, 0.1) is 6.92 Å². The Hall–Kier alpha value is -1.84. The van der Waals surface area contributed by atoms with Crippen molar-refractivity contribution in [2.45, 2.75) is 26.5 Å². The first kappa shape index (κ1) is 14.1. The molecule has 2 nitrogen and oxygen atoms in total. The summed E-state index contributed by atoms with van der Waals surface area (Å²) >= 11 is 1.86. The van der Waals surface area contributed by atoms with Gasteiger partial charge in [-0.2, -0.15) is 0 Å². The van der Waals surface area contributed by atoms with Gasteiger partial charge in [0.25, 0.3) is 0 Å². The summed E-state index contributed by atoms with van der Waals surface area (Å²) in [6.07, 6.45) is 0. The van der Waals surface area contributed by atoms with E-state index in [0.29, 0.717) is 0 Å². The van der Waals surface area contributed by atoms with Crippen molar-refractivity contribution in [1.82, 2.24) is 0 Å². The van der Waals surface area contributed by atoms with E-state index in [1.54, 1.807) is 0 Å². The number of aryl methyl sites for hydroxylation is 1. The third-order valence-corrected chi connectivity index (χ3v) is 5.25. The average molecular weight is 297 g/mol. The second-order valence-corrected chi connectivity index (χ2v) is 6.39. The summed E-state index contributed by atoms with van der Waals surface area (Å²) in [5.41, 5.74) is 3.38. The van der Waals surface area contributed by atoms with Gasteiger partial charge in [-0.1, -0.05) is 30.3 Å². The first-order valence-corrected chi connectivity index (χ1v) is 7.95. The molecule has 0 saturated heterocycles. The van der Waals surface area contributed by atoms with Gasteiger partial charge in [0, 0.05) is 15.3 Å². The summed E-state index contributed by atoms with van der Waals surface area (Å²) in [4.78, 5) is 1.38. The molecule has 3 rings (SSSR count). The smallest absolute Gasteiger partial charge is 0.0681 e. The highest BCUT2D eigenvalue weighted by atomic mass is 32.1. The van der Waals surface area contributed by atoms with Crippen LogP contribution in [-0.2, 0) is 6.61 Å². The fourth-order valence-electron chi connectivity index (χ4n) is 2.63. The van der Waals surface area contributed by atoms with Crippen molar-refractivity contribution in [3.8, 4) is 0 Å². The van der Waals surface area contributed by atoms with E-state index in [-0.39, 0.29) is 12.6 Å². The minimum atomic E-state index is 0.0885. The number of hydrogen-bond acceptors (Lipinski definition) is 3. The predicted octanol–water partition coefficient (Wildman–Crippen LogP) is 4.88. The maximum Gasteiger partial charge on any atom is 0.0681 e. The first-order chi connectivity index (χ1) is 10.2. The van der Waals surface area contributed by atoms with Crippen LogP contribution in [0.2, 0.25) is 0 Å². The summed E-state index contributed by atoms with van der Waals surface area (Å²) in [6, 6.07) is 16.8. The largest absolute Gasteiger partial charge is 0.392 e. The molecule has 1 atom stereocenters. The van der Waals surface area contributed by atoms with Crippen molar-refractivity contribution in [2.75, 3.05) is 5.32 Å². The lowest BCUT2D eigenvalue weighted by atomic mass is 10.1. The Morgan fingerprint density at radius 3 is 2.48 bits per heavy atom. The normalized spacial score (nSPS) is 12.5. The van der Waals surface area contributed by atoms with Crippen molar-refractivity contribution < 1.29 is 5.11 Å². The number of aliphatic hydroxyl groups is 1. The molecule has 1 aromatic heterocycles. The van der Waals surface area contributed by atoms with Crippen LogP contribution in [0.3, 0.4) is 0 Å². The summed E-state index contributed by atoms with van der Waals surface area (Å²) in [7, 11) is 0. The topological polar surface area (TPSA) is 32.3 Å². The maximum atomic E-state index is 9.09. The van der Waals surface area contributed by atoms with Crippen LogP contribution in [0.15, 0.2) is 48.5 Å². The highest BCUT2D eigenvalue weighted by Gasteiger charge is 2.14. The van der Waals surface area contributed by atoms with Gasteiger partial charge in [-0.25, -0.2) is 0 Å². The zero-order valence-corrected chi connectivity index (χ0v) is 13.1. The van der Waals surface area contributed by atoms with E-state index < -0.39 is 0 Å². The molecule has 0 aliphatic carbocycles. The second-order valence-electron chi connectivity index (χ2n) is 5.31. The molecule has 0 radical (unpaired) electrons. The van der Waals surface area contributed by atoms with Crippen LogP contribution >= 0.6 is 11.3 Å². The lowest BCUT2D eigenvalue weighted by molar-refractivity contribution is 0.282. The highest BCUT2D eigenvalue weighted by molar-refractivity contribution is 7.19. The van der Waals surface area contributed by atoms with E-state index in [0.717, 1.165) is 11.3 Å². The van der Waals surface area contributed by atoms with Crippen molar-refractivity contribution in [3.05, 3.63) is 64.5 Å². The average Bonchev–Trinajstić information content (AvgIpc) is 2.86. The van der Waals surface area contributed by atoms with Crippen LogP contribution in [0.4, 0.5) is 5.69 Å². The molecule has 0 spiro atoms. The molecule has 0 saturated carbocycles. The van der Waals surface area contributed by atoms with Crippen molar-refractivity contribution in [3.63, 3.8) is 0 Å². The minimum absolute atomic E-state index is 0.0885. The molecule has 2 N–H and O–H groups in total. The van der Waals surface area contributed by atoms with Gasteiger partial charge >= 0.3 is 0 Å². The Labute approximate surface area is 129 Å². The molecule has 21 heavy (non-hydrogen) atoms. The Balaban J connectivity index is 1.86. The Morgan fingerprint density at radius 2 is 1.81 bits per heavy atom. The number of nitrogens with one attached hydrogen (secondary N) is 1. The van der Waals surface area contributed by atoms with E-state index in [2.05, 4.69) is 43.4 Å². The zero-order chi connectivity index (χ0) is 14.8. The predicted molar refractivity (Wildman–Crippen MR) is 91.0 cm³/mol. The maximum absolute atomic E-state index is 9.09. The molecule has 0 aliphatic heterocycles. The van der Waals surface area contributed by atoms with Gasteiger partial charge in [-0.3, -0.25) is 0 Å². The molecule has 2 aromatic carbocycles. The molecule has 1 heterocycles. The molecule has 108 valence electrons. The Kier molecular flexibility index (Phi) is 3.95. The van der Waals surface area contributed by atoms with Gasteiger partial charge < -0.3 is 10.4 Å². The van der Waals surface area contributed by atoms with Gasteiger partial charge in [-0.05, 0) is 48.6 Å². The summed E-state index contributed by atoms with van der Waals surface area (Å²) in [5, 5.41) is 14.0. The monoisotopic (exact) mass is 297 g/mol. The summed E-state index contributed by atoms with van der Waals surface area (Å²) in [6.45, 7) is 4.48.